The van der Waals surface area contributed by atoms with Crippen molar-refractivity contribution in [2.45, 2.75) is 39.0 Å². The zero-order valence-corrected chi connectivity index (χ0v) is 12.7. The van der Waals surface area contributed by atoms with Crippen LogP contribution < -0.4 is 5.32 Å². The third-order valence-electron chi connectivity index (χ3n) is 3.42. The fraction of sp³-hybridized carbons (Fsp3) is 0.389. The van der Waals surface area contributed by atoms with Crippen LogP contribution >= 0.6 is 0 Å². The summed E-state index contributed by atoms with van der Waals surface area (Å²) in [7, 11) is 0. The predicted molar refractivity (Wildman–Crippen MR) is 86.2 cm³/mol. The summed E-state index contributed by atoms with van der Waals surface area (Å²) < 4.78 is 0. The highest BCUT2D eigenvalue weighted by molar-refractivity contribution is 5.37. The Hall–Kier alpha value is -1.83. The molecule has 2 rings (SSSR count). The van der Waals surface area contributed by atoms with Crippen molar-refractivity contribution >= 4 is 5.82 Å². The lowest BCUT2D eigenvalue weighted by Gasteiger charge is -2.18. The van der Waals surface area contributed by atoms with Gasteiger partial charge in [-0.3, -0.25) is 0 Å². The number of hydrogen-bond donors (Lipinski definition) is 1. The summed E-state index contributed by atoms with van der Waals surface area (Å²) in [5.74, 6) is 0.964. The van der Waals surface area contributed by atoms with Gasteiger partial charge in [0.2, 0.25) is 0 Å². The molecule has 0 amide bonds. The second-order valence-corrected chi connectivity index (χ2v) is 6.20. The van der Waals surface area contributed by atoms with Gasteiger partial charge in [-0.25, -0.2) is 4.98 Å². The number of nitrogens with zero attached hydrogens (tertiary/aromatic N) is 1. The molecule has 1 N–H and O–H groups in total. The highest BCUT2D eigenvalue weighted by Gasteiger charge is 2.13. The van der Waals surface area contributed by atoms with Crippen LogP contribution in [0.4, 0.5) is 5.82 Å². The molecule has 0 aliphatic carbocycles. The first kappa shape index (κ1) is 14.6. The van der Waals surface area contributed by atoms with E-state index >= 15 is 0 Å². The maximum atomic E-state index is 4.48. The van der Waals surface area contributed by atoms with E-state index in [9.17, 15) is 0 Å². The monoisotopic (exact) mass is 268 g/mol. The molecule has 2 heteroatoms. The Morgan fingerprint density at radius 2 is 1.75 bits per heavy atom. The van der Waals surface area contributed by atoms with Crippen molar-refractivity contribution in [2.75, 3.05) is 11.9 Å². The molecular formula is C18H24N2. The fourth-order valence-corrected chi connectivity index (χ4v) is 2.10. The molecule has 0 radical (unpaired) electrons. The van der Waals surface area contributed by atoms with E-state index < -0.39 is 0 Å². The molecule has 0 saturated heterocycles. The molecule has 0 saturated carbocycles. The van der Waals surface area contributed by atoms with Gasteiger partial charge in [0.25, 0.3) is 0 Å². The molecule has 2 aromatic rings. The van der Waals surface area contributed by atoms with Crippen molar-refractivity contribution in [1.82, 2.24) is 4.98 Å². The number of rotatable bonds is 5. The topological polar surface area (TPSA) is 24.9 Å². The van der Waals surface area contributed by atoms with Crippen molar-refractivity contribution < 1.29 is 0 Å². The van der Waals surface area contributed by atoms with Gasteiger partial charge in [0.15, 0.2) is 0 Å². The van der Waals surface area contributed by atoms with Crippen LogP contribution in [-0.4, -0.2) is 11.5 Å². The SMILES string of the molecule is CC(C)(C)c1ccc(NCCCc2ccccc2)nc1. The second kappa shape index (κ2) is 6.56. The lowest BCUT2D eigenvalue weighted by atomic mass is 9.88. The summed E-state index contributed by atoms with van der Waals surface area (Å²) in [6, 6.07) is 14.8. The Morgan fingerprint density at radius 1 is 1.00 bits per heavy atom. The Bertz CT molecular complexity index is 509. The summed E-state index contributed by atoms with van der Waals surface area (Å²) in [6.07, 6.45) is 4.19. The van der Waals surface area contributed by atoms with E-state index in [4.69, 9.17) is 0 Å². The lowest BCUT2D eigenvalue weighted by Crippen LogP contribution is -2.12. The van der Waals surface area contributed by atoms with Crippen LogP contribution in [0, 0.1) is 0 Å². The van der Waals surface area contributed by atoms with Crippen LogP contribution in [0.1, 0.15) is 38.3 Å². The van der Waals surface area contributed by atoms with E-state index in [0.717, 1.165) is 25.2 Å². The molecule has 0 aliphatic rings. The summed E-state index contributed by atoms with van der Waals surface area (Å²) in [4.78, 5) is 4.48. The van der Waals surface area contributed by atoms with Crippen molar-refractivity contribution in [1.29, 1.82) is 0 Å². The van der Waals surface area contributed by atoms with Crippen molar-refractivity contribution in [3.05, 3.63) is 59.8 Å². The summed E-state index contributed by atoms with van der Waals surface area (Å²) in [5, 5.41) is 3.38. The zero-order chi connectivity index (χ0) is 14.4. The zero-order valence-electron chi connectivity index (χ0n) is 12.7. The maximum Gasteiger partial charge on any atom is 0.125 e. The molecule has 106 valence electrons. The van der Waals surface area contributed by atoms with Gasteiger partial charge in [0.1, 0.15) is 5.82 Å². The van der Waals surface area contributed by atoms with E-state index in [1.165, 1.54) is 11.1 Å². The molecule has 1 aromatic heterocycles. The summed E-state index contributed by atoms with van der Waals surface area (Å²) in [5.41, 5.74) is 2.83. The van der Waals surface area contributed by atoms with Crippen molar-refractivity contribution in [3.8, 4) is 0 Å². The van der Waals surface area contributed by atoms with E-state index in [1.807, 2.05) is 6.20 Å². The number of hydrogen-bond acceptors (Lipinski definition) is 2. The minimum atomic E-state index is 0.166. The van der Waals surface area contributed by atoms with Crippen LogP contribution in [0.5, 0.6) is 0 Å². The molecule has 0 atom stereocenters. The summed E-state index contributed by atoms with van der Waals surface area (Å²) in [6.45, 7) is 7.57. The highest BCUT2D eigenvalue weighted by Crippen LogP contribution is 2.21. The Kier molecular flexibility index (Phi) is 4.78. The van der Waals surface area contributed by atoms with Gasteiger partial charge in [0.05, 0.1) is 0 Å². The first-order valence-corrected chi connectivity index (χ1v) is 7.30. The maximum absolute atomic E-state index is 4.48. The number of nitrogens with one attached hydrogen (secondary N) is 1. The molecular weight excluding hydrogens is 244 g/mol. The standard InChI is InChI=1S/C18H24N2/c1-18(2,3)16-11-12-17(20-14-16)19-13-7-10-15-8-5-4-6-9-15/h4-6,8-9,11-12,14H,7,10,13H2,1-3H3,(H,19,20). The molecule has 1 heterocycles. The van der Waals surface area contributed by atoms with Crippen molar-refractivity contribution in [2.24, 2.45) is 0 Å². The number of pyridine rings is 1. The minimum Gasteiger partial charge on any atom is -0.370 e. The number of anilines is 1. The molecule has 0 aliphatic heterocycles. The Balaban J connectivity index is 1.77. The third-order valence-corrected chi connectivity index (χ3v) is 3.42. The van der Waals surface area contributed by atoms with Crippen LogP contribution in [0.15, 0.2) is 48.7 Å². The molecule has 1 aromatic carbocycles. The van der Waals surface area contributed by atoms with Crippen LogP contribution in [0.25, 0.3) is 0 Å². The molecule has 2 nitrogen and oxygen atoms in total. The van der Waals surface area contributed by atoms with Crippen LogP contribution in [-0.2, 0) is 11.8 Å². The first-order chi connectivity index (χ1) is 9.55. The Morgan fingerprint density at radius 3 is 2.35 bits per heavy atom. The predicted octanol–water partition coefficient (Wildman–Crippen LogP) is 4.42. The molecule has 20 heavy (non-hydrogen) atoms. The highest BCUT2D eigenvalue weighted by atomic mass is 15.0. The van der Waals surface area contributed by atoms with Gasteiger partial charge in [-0.05, 0) is 35.4 Å². The van der Waals surface area contributed by atoms with Gasteiger partial charge in [0, 0.05) is 12.7 Å². The van der Waals surface area contributed by atoms with Gasteiger partial charge in [-0.2, -0.15) is 0 Å². The Labute approximate surface area is 122 Å². The minimum absolute atomic E-state index is 0.166. The average Bonchev–Trinajstić information content (AvgIpc) is 2.44. The van der Waals surface area contributed by atoms with E-state index in [1.54, 1.807) is 0 Å². The van der Waals surface area contributed by atoms with Crippen LogP contribution in [0.2, 0.25) is 0 Å². The van der Waals surface area contributed by atoms with Gasteiger partial charge < -0.3 is 5.32 Å². The third kappa shape index (κ3) is 4.37. The number of benzene rings is 1. The molecule has 0 unspecified atom stereocenters. The fourth-order valence-electron chi connectivity index (χ4n) is 2.10. The molecule has 0 bridgehead atoms. The second-order valence-electron chi connectivity index (χ2n) is 6.20. The van der Waals surface area contributed by atoms with Gasteiger partial charge >= 0.3 is 0 Å². The van der Waals surface area contributed by atoms with E-state index in [2.05, 4.69) is 73.5 Å². The van der Waals surface area contributed by atoms with E-state index in [0.29, 0.717) is 0 Å². The summed E-state index contributed by atoms with van der Waals surface area (Å²) >= 11 is 0. The number of aromatic nitrogens is 1. The quantitative estimate of drug-likeness (QED) is 0.812. The molecule has 0 spiro atoms. The van der Waals surface area contributed by atoms with Gasteiger partial charge in [-0.15, -0.1) is 0 Å². The average molecular weight is 268 g/mol. The van der Waals surface area contributed by atoms with Crippen molar-refractivity contribution in [3.63, 3.8) is 0 Å². The normalized spacial score (nSPS) is 11.3. The smallest absolute Gasteiger partial charge is 0.125 e. The van der Waals surface area contributed by atoms with Crippen LogP contribution in [0.3, 0.4) is 0 Å². The van der Waals surface area contributed by atoms with E-state index in [-0.39, 0.29) is 5.41 Å². The van der Waals surface area contributed by atoms with Gasteiger partial charge in [-0.1, -0.05) is 57.2 Å². The first-order valence-electron chi connectivity index (χ1n) is 7.30. The molecule has 0 fully saturated rings. The lowest BCUT2D eigenvalue weighted by molar-refractivity contribution is 0.587. The largest absolute Gasteiger partial charge is 0.370 e. The number of aryl methyl sites for hydroxylation is 1.